The molecule has 1 aliphatic carbocycles. The van der Waals surface area contributed by atoms with Gasteiger partial charge in [0.05, 0.1) is 5.54 Å². The number of aliphatic hydroxyl groups excluding tert-OH is 1. The average molecular weight is 420 g/mol. The van der Waals surface area contributed by atoms with Crippen LogP contribution in [0.25, 0.3) is 11.1 Å². The van der Waals surface area contributed by atoms with Crippen molar-refractivity contribution in [3.05, 3.63) is 89.4 Å². The number of anilines is 1. The highest BCUT2D eigenvalue weighted by Gasteiger charge is 2.44. The Bertz CT molecular complexity index is 1040. The summed E-state index contributed by atoms with van der Waals surface area (Å²) in [5.74, 6) is 0.620. The summed E-state index contributed by atoms with van der Waals surface area (Å²) in [4.78, 5) is 1.57. The number of aliphatic hydroxyl groups is 1. The van der Waals surface area contributed by atoms with Crippen molar-refractivity contribution in [2.75, 3.05) is 11.6 Å². The van der Waals surface area contributed by atoms with Crippen LogP contribution < -0.4 is 10.2 Å². The maximum atomic E-state index is 9.92. The van der Waals surface area contributed by atoms with Crippen molar-refractivity contribution < 1.29 is 5.11 Å². The van der Waals surface area contributed by atoms with E-state index in [1.165, 1.54) is 0 Å². The molecule has 154 valence electrons. The summed E-state index contributed by atoms with van der Waals surface area (Å²) in [5, 5.41) is 22.8. The Morgan fingerprint density at radius 3 is 2.33 bits per heavy atom. The van der Waals surface area contributed by atoms with Crippen LogP contribution in [0.1, 0.15) is 25.3 Å². The number of para-hydroxylation sites is 1. The van der Waals surface area contributed by atoms with Crippen molar-refractivity contribution in [2.24, 2.45) is 5.92 Å². The van der Waals surface area contributed by atoms with Crippen LogP contribution in [0.4, 0.5) is 5.69 Å². The van der Waals surface area contributed by atoms with Crippen LogP contribution in [0, 0.1) is 11.3 Å². The SMILES string of the molecule is CC(NC(=N)N(CO)c1ccccc1)(c1cccc(-c2cccc(Cl)c2)c1)C1CC1. The summed E-state index contributed by atoms with van der Waals surface area (Å²) in [6, 6.07) is 25.8. The predicted octanol–water partition coefficient (Wildman–Crippen LogP) is 5.61. The predicted molar refractivity (Wildman–Crippen MR) is 124 cm³/mol. The number of hydrogen-bond acceptors (Lipinski definition) is 2. The van der Waals surface area contributed by atoms with Crippen molar-refractivity contribution in [1.29, 1.82) is 5.41 Å². The van der Waals surface area contributed by atoms with Crippen LogP contribution in [0.2, 0.25) is 5.02 Å². The first-order valence-corrected chi connectivity index (χ1v) is 10.6. The third kappa shape index (κ3) is 4.20. The highest BCUT2D eigenvalue weighted by molar-refractivity contribution is 6.30. The van der Waals surface area contributed by atoms with Gasteiger partial charge in [0, 0.05) is 10.7 Å². The van der Waals surface area contributed by atoms with Gasteiger partial charge in [0.15, 0.2) is 5.96 Å². The maximum absolute atomic E-state index is 9.92. The van der Waals surface area contributed by atoms with Gasteiger partial charge in [-0.05, 0) is 72.7 Å². The van der Waals surface area contributed by atoms with Gasteiger partial charge in [-0.3, -0.25) is 10.3 Å². The summed E-state index contributed by atoms with van der Waals surface area (Å²) in [7, 11) is 0. The van der Waals surface area contributed by atoms with E-state index in [0.717, 1.165) is 35.2 Å². The molecule has 5 heteroatoms. The third-order valence-corrected chi connectivity index (χ3v) is 6.11. The average Bonchev–Trinajstić information content (AvgIpc) is 3.61. The van der Waals surface area contributed by atoms with Gasteiger partial charge < -0.3 is 10.4 Å². The van der Waals surface area contributed by atoms with E-state index in [1.807, 2.05) is 48.5 Å². The highest BCUT2D eigenvalue weighted by atomic mass is 35.5. The molecule has 1 saturated carbocycles. The molecule has 0 spiro atoms. The van der Waals surface area contributed by atoms with E-state index in [-0.39, 0.29) is 12.7 Å². The zero-order valence-corrected chi connectivity index (χ0v) is 17.7. The van der Waals surface area contributed by atoms with E-state index in [0.29, 0.717) is 10.9 Å². The number of rotatable bonds is 6. The van der Waals surface area contributed by atoms with E-state index in [2.05, 4.69) is 42.6 Å². The molecule has 0 bridgehead atoms. The molecule has 1 unspecified atom stereocenters. The number of nitrogens with zero attached hydrogens (tertiary/aromatic N) is 1. The smallest absolute Gasteiger partial charge is 0.198 e. The minimum absolute atomic E-state index is 0.186. The van der Waals surface area contributed by atoms with Gasteiger partial charge in [0.25, 0.3) is 0 Å². The summed E-state index contributed by atoms with van der Waals surface area (Å²) in [5.41, 5.74) is 3.66. The molecule has 3 aromatic rings. The zero-order chi connectivity index (χ0) is 21.1. The fourth-order valence-corrected chi connectivity index (χ4v) is 4.15. The summed E-state index contributed by atoms with van der Waals surface area (Å²) < 4.78 is 0. The molecule has 0 heterocycles. The zero-order valence-electron chi connectivity index (χ0n) is 17.0. The second-order valence-electron chi connectivity index (χ2n) is 7.95. The maximum Gasteiger partial charge on any atom is 0.198 e. The normalized spacial score (nSPS) is 15.3. The number of benzene rings is 3. The van der Waals surface area contributed by atoms with Gasteiger partial charge in [-0.25, -0.2) is 0 Å². The van der Waals surface area contributed by atoms with Gasteiger partial charge >= 0.3 is 0 Å². The Hall–Kier alpha value is -2.82. The lowest BCUT2D eigenvalue weighted by molar-refractivity contribution is 0.301. The van der Waals surface area contributed by atoms with Crippen LogP contribution in [0.5, 0.6) is 0 Å². The molecule has 30 heavy (non-hydrogen) atoms. The minimum Gasteiger partial charge on any atom is -0.376 e. The first kappa shape index (κ1) is 20.5. The highest BCUT2D eigenvalue weighted by Crippen LogP contribution is 2.46. The quantitative estimate of drug-likeness (QED) is 0.276. The number of halogens is 1. The van der Waals surface area contributed by atoms with Crippen LogP contribution in [0.15, 0.2) is 78.9 Å². The lowest BCUT2D eigenvalue weighted by Crippen LogP contribution is -2.52. The first-order valence-electron chi connectivity index (χ1n) is 10.2. The number of guanidine groups is 1. The van der Waals surface area contributed by atoms with Gasteiger partial charge in [-0.15, -0.1) is 0 Å². The summed E-state index contributed by atoms with van der Waals surface area (Å²) >= 11 is 6.19. The molecule has 0 saturated heterocycles. The monoisotopic (exact) mass is 419 g/mol. The van der Waals surface area contributed by atoms with Crippen LogP contribution >= 0.6 is 11.6 Å². The van der Waals surface area contributed by atoms with Gasteiger partial charge in [-0.2, -0.15) is 0 Å². The molecule has 4 rings (SSSR count). The number of nitrogens with one attached hydrogen (secondary N) is 2. The van der Waals surface area contributed by atoms with Crippen molar-refractivity contribution in [3.8, 4) is 11.1 Å². The topological polar surface area (TPSA) is 59.4 Å². The summed E-state index contributed by atoms with van der Waals surface area (Å²) in [6.45, 7) is 1.88. The van der Waals surface area contributed by atoms with Crippen LogP contribution in [-0.2, 0) is 5.54 Å². The van der Waals surface area contributed by atoms with Crippen LogP contribution in [-0.4, -0.2) is 17.8 Å². The Morgan fingerprint density at radius 2 is 1.70 bits per heavy atom. The van der Waals surface area contributed by atoms with E-state index in [1.54, 1.807) is 4.90 Å². The molecule has 1 aliphatic rings. The lowest BCUT2D eigenvalue weighted by atomic mass is 9.85. The van der Waals surface area contributed by atoms with Gasteiger partial charge in [-0.1, -0.05) is 60.1 Å². The fraction of sp³-hybridized carbons (Fsp3) is 0.240. The molecule has 3 N–H and O–H groups in total. The Morgan fingerprint density at radius 1 is 1.03 bits per heavy atom. The Labute approximate surface area is 182 Å². The molecule has 0 amide bonds. The standard InChI is InChI=1S/C25H26ClN3O/c1-25(20-13-14-20,28-24(27)29(17-30)23-11-3-2-4-12-23)21-9-5-7-18(15-21)19-8-6-10-22(26)16-19/h2-12,15-16,20,30H,13-14,17H2,1H3,(H2,27,28). The van der Waals surface area contributed by atoms with Gasteiger partial charge in [0.1, 0.15) is 6.73 Å². The van der Waals surface area contributed by atoms with Crippen molar-refractivity contribution in [3.63, 3.8) is 0 Å². The Kier molecular flexibility index (Phi) is 5.80. The Balaban J connectivity index is 1.65. The molecule has 4 nitrogen and oxygen atoms in total. The largest absolute Gasteiger partial charge is 0.376 e. The number of hydrogen-bond donors (Lipinski definition) is 3. The third-order valence-electron chi connectivity index (χ3n) is 5.87. The van der Waals surface area contributed by atoms with E-state index in [9.17, 15) is 5.11 Å². The molecule has 0 aliphatic heterocycles. The van der Waals surface area contributed by atoms with Gasteiger partial charge in [0.2, 0.25) is 0 Å². The molecule has 0 radical (unpaired) electrons. The van der Waals surface area contributed by atoms with Crippen molar-refractivity contribution >= 4 is 23.2 Å². The van der Waals surface area contributed by atoms with Crippen molar-refractivity contribution in [2.45, 2.75) is 25.3 Å². The lowest BCUT2D eigenvalue weighted by Gasteiger charge is -2.36. The molecule has 3 aromatic carbocycles. The fourth-order valence-electron chi connectivity index (χ4n) is 3.96. The van der Waals surface area contributed by atoms with Crippen molar-refractivity contribution in [1.82, 2.24) is 5.32 Å². The van der Waals surface area contributed by atoms with E-state index < -0.39 is 5.54 Å². The minimum atomic E-state index is -0.409. The second-order valence-corrected chi connectivity index (χ2v) is 8.38. The molecule has 1 fully saturated rings. The summed E-state index contributed by atoms with van der Waals surface area (Å²) in [6.07, 6.45) is 2.23. The van der Waals surface area contributed by atoms with Crippen LogP contribution in [0.3, 0.4) is 0 Å². The molecule has 1 atom stereocenters. The molecular formula is C25H26ClN3O. The van der Waals surface area contributed by atoms with E-state index >= 15 is 0 Å². The molecular weight excluding hydrogens is 394 g/mol. The molecule has 0 aromatic heterocycles. The second kappa shape index (κ2) is 8.50. The van der Waals surface area contributed by atoms with E-state index in [4.69, 9.17) is 17.0 Å². The first-order chi connectivity index (χ1) is 14.5.